The molecule has 0 spiro atoms. The van der Waals surface area contributed by atoms with Gasteiger partial charge in [-0.25, -0.2) is 0 Å². The van der Waals surface area contributed by atoms with Crippen LogP contribution in [0.25, 0.3) is 0 Å². The third kappa shape index (κ3) is 3.67. The van der Waals surface area contributed by atoms with Crippen LogP contribution in [-0.2, 0) is 6.54 Å². The van der Waals surface area contributed by atoms with E-state index in [0.29, 0.717) is 12.0 Å². The van der Waals surface area contributed by atoms with E-state index in [9.17, 15) is 0 Å². The fraction of sp³-hybridized carbons (Fsp3) is 0.750. The number of nitrogens with zero attached hydrogens (tertiary/aromatic N) is 7. The fourth-order valence-corrected chi connectivity index (χ4v) is 4.88. The van der Waals surface area contributed by atoms with Crippen LogP contribution in [0.1, 0.15) is 62.1 Å². The summed E-state index contributed by atoms with van der Waals surface area (Å²) >= 11 is 0. The molecule has 2 aromatic heterocycles. The van der Waals surface area contributed by atoms with E-state index in [1.54, 1.807) is 0 Å². The predicted octanol–water partition coefficient (Wildman–Crippen LogP) is 2.13. The van der Waals surface area contributed by atoms with E-state index >= 15 is 0 Å². The largest absolute Gasteiger partial charge is 0.310 e. The lowest BCUT2D eigenvalue weighted by Crippen LogP contribution is -2.46. The number of aromatic nitrogens is 5. The van der Waals surface area contributed by atoms with Crippen molar-refractivity contribution in [3.05, 3.63) is 30.1 Å². The Labute approximate surface area is 161 Å². The minimum Gasteiger partial charge on any atom is -0.310 e. The number of likely N-dealkylation sites (tertiary alicyclic amines) is 2. The summed E-state index contributed by atoms with van der Waals surface area (Å²) in [5.41, 5.74) is 0. The van der Waals surface area contributed by atoms with Gasteiger partial charge in [0.05, 0.1) is 0 Å². The van der Waals surface area contributed by atoms with Gasteiger partial charge in [-0.1, -0.05) is 0 Å². The van der Waals surface area contributed by atoms with Gasteiger partial charge in [-0.3, -0.25) is 4.68 Å². The van der Waals surface area contributed by atoms with Crippen molar-refractivity contribution in [2.45, 2.75) is 63.1 Å². The molecule has 0 atom stereocenters. The quantitative estimate of drug-likeness (QED) is 0.808. The van der Waals surface area contributed by atoms with Crippen LogP contribution in [0.2, 0.25) is 0 Å². The Balaban J connectivity index is 1.26. The minimum atomic E-state index is 0.562. The highest BCUT2D eigenvalue weighted by Gasteiger charge is 2.35. The van der Waals surface area contributed by atoms with Crippen LogP contribution >= 0.6 is 0 Å². The number of piperidine rings is 2. The lowest BCUT2D eigenvalue weighted by Gasteiger charge is -2.41. The van der Waals surface area contributed by atoms with E-state index in [-0.39, 0.29) is 0 Å². The van der Waals surface area contributed by atoms with Crippen molar-refractivity contribution in [3.63, 3.8) is 0 Å². The van der Waals surface area contributed by atoms with Gasteiger partial charge in [-0.05, 0) is 77.8 Å². The first-order valence-electron chi connectivity index (χ1n) is 10.6. The van der Waals surface area contributed by atoms with Crippen LogP contribution < -0.4 is 0 Å². The maximum Gasteiger partial charge on any atom is 0.155 e. The minimum absolute atomic E-state index is 0.562. The zero-order chi connectivity index (χ0) is 18.2. The summed E-state index contributed by atoms with van der Waals surface area (Å²) in [6, 6.07) is 3.38. The third-order valence-electron chi connectivity index (χ3n) is 6.67. The average Bonchev–Trinajstić information content (AvgIpc) is 3.24. The summed E-state index contributed by atoms with van der Waals surface area (Å²) in [4.78, 5) is 5.20. The maximum atomic E-state index is 4.68. The summed E-state index contributed by atoms with van der Waals surface area (Å²) in [6.07, 6.45) is 11.5. The van der Waals surface area contributed by atoms with Gasteiger partial charge < -0.3 is 14.4 Å². The zero-order valence-corrected chi connectivity index (χ0v) is 16.4. The molecule has 3 fully saturated rings. The third-order valence-corrected chi connectivity index (χ3v) is 6.67. The molecule has 0 radical (unpaired) electrons. The van der Waals surface area contributed by atoms with Crippen LogP contribution in [0.15, 0.2) is 18.5 Å². The number of hydrogen-bond acceptors (Lipinski definition) is 5. The van der Waals surface area contributed by atoms with Crippen molar-refractivity contribution < 1.29 is 0 Å². The molecule has 0 unspecified atom stereocenters. The van der Waals surface area contributed by atoms with E-state index in [1.807, 2.05) is 23.1 Å². The molecule has 0 amide bonds. The highest BCUT2D eigenvalue weighted by atomic mass is 15.3. The Hall–Kier alpha value is -1.73. The van der Waals surface area contributed by atoms with Crippen LogP contribution in [0, 0.1) is 0 Å². The molecule has 7 nitrogen and oxygen atoms in total. The Morgan fingerprint density at radius 3 is 2.37 bits per heavy atom. The Kier molecular flexibility index (Phi) is 4.73. The molecule has 4 heterocycles. The van der Waals surface area contributed by atoms with E-state index in [0.717, 1.165) is 18.4 Å². The molecule has 2 aromatic rings. The van der Waals surface area contributed by atoms with Crippen LogP contribution in [0.4, 0.5) is 0 Å². The average molecular weight is 370 g/mol. The SMILES string of the molecule is CN1CCC(N2CCC(c3nnc(Cn4cccn4)n3C3CC3)CC2)CC1. The van der Waals surface area contributed by atoms with Crippen LogP contribution in [0.3, 0.4) is 0 Å². The Bertz CT molecular complexity index is 732. The lowest BCUT2D eigenvalue weighted by molar-refractivity contribution is 0.0951. The van der Waals surface area contributed by atoms with Crippen molar-refractivity contribution in [1.29, 1.82) is 0 Å². The molecule has 0 bridgehead atoms. The lowest BCUT2D eigenvalue weighted by atomic mass is 9.93. The number of rotatable bonds is 5. The summed E-state index contributed by atoms with van der Waals surface area (Å²) in [7, 11) is 2.24. The molecule has 1 aliphatic carbocycles. The van der Waals surface area contributed by atoms with E-state index in [4.69, 9.17) is 0 Å². The molecule has 1 saturated carbocycles. The van der Waals surface area contributed by atoms with Gasteiger partial charge in [0.1, 0.15) is 12.4 Å². The predicted molar refractivity (Wildman–Crippen MR) is 104 cm³/mol. The van der Waals surface area contributed by atoms with Crippen molar-refractivity contribution >= 4 is 0 Å². The maximum absolute atomic E-state index is 4.68. The summed E-state index contributed by atoms with van der Waals surface area (Å²) in [5, 5.41) is 13.6. The van der Waals surface area contributed by atoms with Crippen molar-refractivity contribution in [1.82, 2.24) is 34.3 Å². The summed E-state index contributed by atoms with van der Waals surface area (Å²) < 4.78 is 4.41. The van der Waals surface area contributed by atoms with Gasteiger partial charge in [0.25, 0.3) is 0 Å². The Morgan fingerprint density at radius 1 is 0.926 bits per heavy atom. The normalized spacial score (nSPS) is 23.9. The highest BCUT2D eigenvalue weighted by molar-refractivity contribution is 5.09. The fourth-order valence-electron chi connectivity index (χ4n) is 4.88. The van der Waals surface area contributed by atoms with Gasteiger partial charge in [-0.15, -0.1) is 10.2 Å². The topological polar surface area (TPSA) is 55.0 Å². The Morgan fingerprint density at radius 2 is 1.70 bits per heavy atom. The van der Waals surface area contributed by atoms with Crippen molar-refractivity contribution in [3.8, 4) is 0 Å². The van der Waals surface area contributed by atoms with Crippen molar-refractivity contribution in [2.75, 3.05) is 33.2 Å². The molecular formula is C20H31N7. The zero-order valence-electron chi connectivity index (χ0n) is 16.4. The first-order chi connectivity index (χ1) is 13.3. The summed E-state index contributed by atoms with van der Waals surface area (Å²) in [5.74, 6) is 2.88. The molecule has 0 aromatic carbocycles. The molecular weight excluding hydrogens is 338 g/mol. The van der Waals surface area contributed by atoms with Crippen molar-refractivity contribution in [2.24, 2.45) is 0 Å². The van der Waals surface area contributed by atoms with Gasteiger partial charge in [-0.2, -0.15) is 5.10 Å². The second kappa shape index (κ2) is 7.36. The van der Waals surface area contributed by atoms with Crippen LogP contribution in [0.5, 0.6) is 0 Å². The standard InChI is InChI=1S/C20H31N7/c1-24-11-7-17(8-12-24)25-13-5-16(6-14-25)20-23-22-19(27(20)18-3-4-18)15-26-10-2-9-21-26/h2,9-10,16-18H,3-8,11-15H2,1H3. The monoisotopic (exact) mass is 369 g/mol. The van der Waals surface area contributed by atoms with E-state index in [2.05, 4.69) is 36.7 Å². The second-order valence-electron chi connectivity index (χ2n) is 8.62. The molecule has 3 aliphatic rings. The highest BCUT2D eigenvalue weighted by Crippen LogP contribution is 2.40. The van der Waals surface area contributed by atoms with Gasteiger partial charge in [0, 0.05) is 30.4 Å². The van der Waals surface area contributed by atoms with Gasteiger partial charge in [0.2, 0.25) is 0 Å². The van der Waals surface area contributed by atoms with E-state index in [1.165, 1.54) is 70.5 Å². The van der Waals surface area contributed by atoms with Gasteiger partial charge >= 0.3 is 0 Å². The first kappa shape index (κ1) is 17.4. The molecule has 7 heteroatoms. The second-order valence-corrected chi connectivity index (χ2v) is 8.62. The van der Waals surface area contributed by atoms with Crippen LogP contribution in [-0.4, -0.2) is 73.6 Å². The first-order valence-corrected chi connectivity index (χ1v) is 10.6. The molecule has 0 N–H and O–H groups in total. The molecule has 5 rings (SSSR count). The summed E-state index contributed by atoms with van der Waals surface area (Å²) in [6.45, 7) is 5.65. The van der Waals surface area contributed by atoms with Gasteiger partial charge in [0.15, 0.2) is 5.82 Å². The smallest absolute Gasteiger partial charge is 0.155 e. The number of hydrogen-bond donors (Lipinski definition) is 0. The van der Waals surface area contributed by atoms with E-state index < -0.39 is 0 Å². The molecule has 2 aliphatic heterocycles. The molecule has 146 valence electrons. The molecule has 27 heavy (non-hydrogen) atoms. The molecule has 2 saturated heterocycles.